The largest absolute Gasteiger partial charge is 0.486 e. The highest BCUT2D eigenvalue weighted by molar-refractivity contribution is 6.34. The summed E-state index contributed by atoms with van der Waals surface area (Å²) in [6, 6.07) is 23.5. The van der Waals surface area contributed by atoms with E-state index in [0.29, 0.717) is 23.1 Å². The minimum atomic E-state index is -0.350. The number of hydrogen-bond donors (Lipinski definition) is 2. The maximum Gasteiger partial charge on any atom is 0.274 e. The number of amides is 1. The van der Waals surface area contributed by atoms with Gasteiger partial charge in [-0.3, -0.25) is 14.7 Å². The number of aromatic amines is 1. The summed E-state index contributed by atoms with van der Waals surface area (Å²) in [5.74, 6) is 0.685. The van der Waals surface area contributed by atoms with Crippen LogP contribution in [0.2, 0.25) is 10.0 Å². The Bertz CT molecular complexity index is 1750. The number of fused-ring (bicyclic) bond motifs is 1. The molecule has 0 spiro atoms. The Morgan fingerprint density at radius 3 is 2.49 bits per heavy atom. The lowest BCUT2D eigenvalue weighted by Crippen LogP contribution is -2.32. The van der Waals surface area contributed by atoms with Crippen molar-refractivity contribution < 1.29 is 9.53 Å². The molecule has 39 heavy (non-hydrogen) atoms. The van der Waals surface area contributed by atoms with Crippen molar-refractivity contribution in [2.45, 2.75) is 24.9 Å². The third kappa shape index (κ3) is 5.01. The summed E-state index contributed by atoms with van der Waals surface area (Å²) in [4.78, 5) is 34.9. The van der Waals surface area contributed by atoms with Crippen molar-refractivity contribution in [3.05, 3.63) is 116 Å². The van der Waals surface area contributed by atoms with Gasteiger partial charge in [0.05, 0.1) is 16.3 Å². The van der Waals surface area contributed by atoms with Gasteiger partial charge in [-0.2, -0.15) is 9.50 Å². The number of nitrogens with one attached hydrogen (secondary N) is 2. The monoisotopic (exact) mass is 559 g/mol. The molecule has 1 aliphatic carbocycles. The first kappa shape index (κ1) is 25.2. The van der Waals surface area contributed by atoms with Crippen LogP contribution in [0.5, 0.6) is 5.75 Å². The molecule has 1 amide bonds. The second-order valence-electron chi connectivity index (χ2n) is 9.50. The summed E-state index contributed by atoms with van der Waals surface area (Å²) in [5.41, 5.74) is 1.94. The molecule has 0 bridgehead atoms. The standard InChI is InChI=1S/C29H23Cl2N5O3/c30-21-10-5-4-9-20(21)29(13-14-29)17-32-27(38)25-22(31)11-6-12-23(25)39-16-19-15-24(37)36-28(33-19)34-26(35-36)18-7-2-1-3-8-18/h1-12,15H,13-14,16-17H2,(H,32,38)(H,33,34,35). The van der Waals surface area contributed by atoms with Crippen LogP contribution in [-0.2, 0) is 12.0 Å². The third-order valence-electron chi connectivity index (χ3n) is 6.89. The Morgan fingerprint density at radius 2 is 1.72 bits per heavy atom. The van der Waals surface area contributed by atoms with E-state index < -0.39 is 0 Å². The molecule has 10 heteroatoms. The van der Waals surface area contributed by atoms with Crippen LogP contribution in [-0.4, -0.2) is 32.0 Å². The van der Waals surface area contributed by atoms with Crippen molar-refractivity contribution in [1.29, 1.82) is 0 Å². The lowest BCUT2D eigenvalue weighted by Gasteiger charge is -2.19. The number of ether oxygens (including phenoxy) is 1. The predicted molar refractivity (Wildman–Crippen MR) is 150 cm³/mol. The predicted octanol–water partition coefficient (Wildman–Crippen LogP) is 5.43. The Balaban J connectivity index is 1.20. The van der Waals surface area contributed by atoms with Gasteiger partial charge in [0.1, 0.15) is 12.4 Å². The minimum absolute atomic E-state index is 0.0521. The second kappa shape index (κ2) is 10.2. The minimum Gasteiger partial charge on any atom is -0.486 e. The van der Waals surface area contributed by atoms with Crippen molar-refractivity contribution in [1.82, 2.24) is 24.9 Å². The summed E-state index contributed by atoms with van der Waals surface area (Å²) in [6.07, 6.45) is 1.87. The fourth-order valence-electron chi connectivity index (χ4n) is 4.64. The van der Waals surface area contributed by atoms with Crippen LogP contribution in [0.1, 0.15) is 34.5 Å². The van der Waals surface area contributed by atoms with E-state index in [1.807, 2.05) is 54.6 Å². The number of hydrogen-bond acceptors (Lipinski definition) is 5. The van der Waals surface area contributed by atoms with E-state index in [0.717, 1.165) is 24.0 Å². The van der Waals surface area contributed by atoms with Crippen LogP contribution in [0.15, 0.2) is 83.7 Å². The molecule has 0 aliphatic heterocycles. The van der Waals surface area contributed by atoms with Crippen LogP contribution in [0.25, 0.3) is 17.2 Å². The molecule has 0 unspecified atom stereocenters. The molecule has 1 fully saturated rings. The highest BCUT2D eigenvalue weighted by Gasteiger charge is 2.45. The highest BCUT2D eigenvalue weighted by atomic mass is 35.5. The molecule has 8 nitrogen and oxygen atoms in total. The maximum absolute atomic E-state index is 13.3. The quantitative estimate of drug-likeness (QED) is 0.264. The lowest BCUT2D eigenvalue weighted by molar-refractivity contribution is 0.0945. The first-order valence-corrected chi connectivity index (χ1v) is 13.2. The molecule has 2 N–H and O–H groups in total. The van der Waals surface area contributed by atoms with E-state index in [1.165, 1.54) is 10.6 Å². The van der Waals surface area contributed by atoms with E-state index in [1.54, 1.807) is 18.2 Å². The molecule has 3 aromatic carbocycles. The molecule has 0 saturated heterocycles. The molecule has 5 aromatic rings. The summed E-state index contributed by atoms with van der Waals surface area (Å²) < 4.78 is 7.23. The number of aromatic nitrogens is 4. The van der Waals surface area contributed by atoms with Gasteiger partial charge in [0.2, 0.25) is 0 Å². The molecule has 2 aromatic heterocycles. The first-order valence-electron chi connectivity index (χ1n) is 12.4. The average Bonchev–Trinajstić information content (AvgIpc) is 3.60. The summed E-state index contributed by atoms with van der Waals surface area (Å²) in [5, 5.41) is 6.94. The Labute approximate surface area is 233 Å². The molecule has 0 atom stereocenters. The van der Waals surface area contributed by atoms with Crippen LogP contribution < -0.4 is 15.6 Å². The van der Waals surface area contributed by atoms with Gasteiger partial charge in [-0.05, 0) is 36.6 Å². The Kier molecular flexibility index (Phi) is 6.58. The van der Waals surface area contributed by atoms with Crippen LogP contribution in [0, 0.1) is 0 Å². The maximum atomic E-state index is 13.3. The molecule has 0 radical (unpaired) electrons. The molecular weight excluding hydrogens is 537 g/mol. The van der Waals surface area contributed by atoms with Crippen molar-refractivity contribution in [2.75, 3.05) is 6.54 Å². The van der Waals surface area contributed by atoms with E-state index in [9.17, 15) is 9.59 Å². The van der Waals surface area contributed by atoms with Crippen molar-refractivity contribution in [3.63, 3.8) is 0 Å². The zero-order valence-corrected chi connectivity index (χ0v) is 22.2. The van der Waals surface area contributed by atoms with Crippen molar-refractivity contribution in [2.24, 2.45) is 0 Å². The number of carbonyl (C=O) groups is 1. The molecular formula is C29H23Cl2N5O3. The van der Waals surface area contributed by atoms with Gasteiger partial charge in [-0.25, -0.2) is 4.98 Å². The van der Waals surface area contributed by atoms with Gasteiger partial charge in [0.25, 0.3) is 17.2 Å². The number of nitrogens with zero attached hydrogens (tertiary/aromatic N) is 3. The fourth-order valence-corrected chi connectivity index (χ4v) is 5.23. The van der Waals surface area contributed by atoms with Gasteiger partial charge in [-0.1, -0.05) is 77.8 Å². The summed E-state index contributed by atoms with van der Waals surface area (Å²) >= 11 is 12.9. The van der Waals surface area contributed by atoms with E-state index >= 15 is 0 Å². The SMILES string of the molecule is O=C(NCC1(c2ccccc2Cl)CC1)c1c(Cl)cccc1OCc1cc(=O)n2[nH]c(-c3ccccc3)nc2n1. The molecule has 2 heterocycles. The van der Waals surface area contributed by atoms with Crippen LogP contribution in [0.3, 0.4) is 0 Å². The molecule has 196 valence electrons. The highest BCUT2D eigenvalue weighted by Crippen LogP contribution is 2.50. The van der Waals surface area contributed by atoms with Gasteiger partial charge in [-0.15, -0.1) is 0 Å². The van der Waals surface area contributed by atoms with Crippen molar-refractivity contribution in [3.8, 4) is 17.1 Å². The Hall–Kier alpha value is -4.14. The van der Waals surface area contributed by atoms with E-state index in [-0.39, 0.29) is 45.6 Å². The zero-order valence-electron chi connectivity index (χ0n) is 20.7. The number of rotatable bonds is 8. The first-order chi connectivity index (χ1) is 18.9. The number of halogens is 2. The van der Waals surface area contributed by atoms with Crippen molar-refractivity contribution >= 4 is 34.9 Å². The summed E-state index contributed by atoms with van der Waals surface area (Å²) in [6.45, 7) is 0.377. The normalized spacial score (nSPS) is 13.8. The fraction of sp³-hybridized carbons (Fsp3) is 0.172. The molecule has 1 saturated carbocycles. The van der Waals surface area contributed by atoms with E-state index in [2.05, 4.69) is 20.4 Å². The lowest BCUT2D eigenvalue weighted by atomic mass is 9.95. The Morgan fingerprint density at radius 1 is 0.974 bits per heavy atom. The number of H-pyrrole nitrogens is 1. The third-order valence-corrected chi connectivity index (χ3v) is 7.54. The second-order valence-corrected chi connectivity index (χ2v) is 10.3. The van der Waals surface area contributed by atoms with Gasteiger partial charge in [0.15, 0.2) is 5.82 Å². The smallest absolute Gasteiger partial charge is 0.274 e. The van der Waals surface area contributed by atoms with Gasteiger partial charge < -0.3 is 10.1 Å². The molecule has 1 aliphatic rings. The van der Waals surface area contributed by atoms with Crippen LogP contribution >= 0.6 is 23.2 Å². The number of carbonyl (C=O) groups excluding carboxylic acids is 1. The summed E-state index contributed by atoms with van der Waals surface area (Å²) in [7, 11) is 0. The topological polar surface area (TPSA) is 101 Å². The van der Waals surface area contributed by atoms with E-state index in [4.69, 9.17) is 27.9 Å². The average molecular weight is 560 g/mol. The van der Waals surface area contributed by atoms with Crippen LogP contribution in [0.4, 0.5) is 0 Å². The number of benzene rings is 3. The zero-order chi connectivity index (χ0) is 27.0. The van der Waals surface area contributed by atoms with Gasteiger partial charge >= 0.3 is 0 Å². The molecule has 6 rings (SSSR count). The van der Waals surface area contributed by atoms with Gasteiger partial charge in [0, 0.05) is 28.6 Å².